The minimum atomic E-state index is -0.275. The molecule has 0 saturated heterocycles. The third-order valence-electron chi connectivity index (χ3n) is 8.60. The summed E-state index contributed by atoms with van der Waals surface area (Å²) in [6.45, 7) is 4.60. The molecule has 1 heterocycles. The van der Waals surface area contributed by atoms with Gasteiger partial charge in [0, 0.05) is 22.1 Å². The topological polar surface area (TPSA) is 25.8 Å². The molecule has 8 rings (SSSR count). The standard InChI is InChI=1S/C39H28N2/c1-39(2)34-24-29-16-7-6-15-28(29)23-33(34)35-36(30-19-10-18-27(22-30)25-12-4-3-5-13-25)40-38(41-37(35)39)32-21-11-17-26-14-8-9-20-31(26)32/h3-24H,1-2H3. The van der Waals surface area contributed by atoms with Crippen molar-refractivity contribution >= 4 is 21.5 Å². The van der Waals surface area contributed by atoms with Gasteiger partial charge >= 0.3 is 0 Å². The number of aromatic nitrogens is 2. The summed E-state index contributed by atoms with van der Waals surface area (Å²) in [5.41, 5.74) is 10.0. The van der Waals surface area contributed by atoms with Crippen LogP contribution in [0.2, 0.25) is 0 Å². The van der Waals surface area contributed by atoms with Gasteiger partial charge in [-0.1, -0.05) is 129 Å². The second kappa shape index (κ2) is 8.97. The van der Waals surface area contributed by atoms with E-state index >= 15 is 0 Å². The van der Waals surface area contributed by atoms with Crippen LogP contribution in [0.4, 0.5) is 0 Å². The molecule has 41 heavy (non-hydrogen) atoms. The van der Waals surface area contributed by atoms with E-state index in [1.165, 1.54) is 38.4 Å². The predicted molar refractivity (Wildman–Crippen MR) is 171 cm³/mol. The molecule has 2 heteroatoms. The lowest BCUT2D eigenvalue weighted by atomic mass is 9.84. The Morgan fingerprint density at radius 3 is 1.95 bits per heavy atom. The van der Waals surface area contributed by atoms with Crippen LogP contribution in [-0.2, 0) is 5.41 Å². The van der Waals surface area contributed by atoms with Gasteiger partial charge in [-0.3, -0.25) is 0 Å². The van der Waals surface area contributed by atoms with Crippen molar-refractivity contribution in [3.8, 4) is 44.9 Å². The first-order chi connectivity index (χ1) is 20.1. The lowest BCUT2D eigenvalue weighted by molar-refractivity contribution is 0.637. The van der Waals surface area contributed by atoms with Crippen LogP contribution >= 0.6 is 0 Å². The van der Waals surface area contributed by atoms with E-state index in [9.17, 15) is 0 Å². The Balaban J connectivity index is 1.45. The third-order valence-corrected chi connectivity index (χ3v) is 8.60. The second-order valence-corrected chi connectivity index (χ2v) is 11.5. The zero-order valence-electron chi connectivity index (χ0n) is 23.1. The van der Waals surface area contributed by atoms with Crippen LogP contribution in [-0.4, -0.2) is 9.97 Å². The van der Waals surface area contributed by atoms with Crippen molar-refractivity contribution in [1.29, 1.82) is 0 Å². The molecule has 1 aliphatic rings. The fraction of sp³-hybridized carbons (Fsp3) is 0.0769. The van der Waals surface area contributed by atoms with Crippen LogP contribution < -0.4 is 0 Å². The fourth-order valence-corrected chi connectivity index (χ4v) is 6.49. The smallest absolute Gasteiger partial charge is 0.160 e. The molecule has 1 aliphatic carbocycles. The van der Waals surface area contributed by atoms with Crippen LogP contribution in [0.5, 0.6) is 0 Å². The van der Waals surface area contributed by atoms with Crippen molar-refractivity contribution in [2.24, 2.45) is 0 Å². The molecule has 194 valence electrons. The molecule has 2 nitrogen and oxygen atoms in total. The van der Waals surface area contributed by atoms with Gasteiger partial charge in [-0.05, 0) is 62.0 Å². The third kappa shape index (κ3) is 3.72. The zero-order valence-corrected chi connectivity index (χ0v) is 23.1. The average Bonchev–Trinajstić information content (AvgIpc) is 3.25. The van der Waals surface area contributed by atoms with E-state index in [-0.39, 0.29) is 5.41 Å². The number of hydrogen-bond acceptors (Lipinski definition) is 2. The summed E-state index contributed by atoms with van der Waals surface area (Å²) < 4.78 is 0. The van der Waals surface area contributed by atoms with Gasteiger partial charge in [0.05, 0.1) is 11.4 Å². The van der Waals surface area contributed by atoms with Crippen LogP contribution in [0.1, 0.15) is 25.1 Å². The van der Waals surface area contributed by atoms with E-state index in [0.717, 1.165) is 39.3 Å². The molecule has 0 amide bonds. The molecule has 0 N–H and O–H groups in total. The molecule has 0 fully saturated rings. The van der Waals surface area contributed by atoms with Gasteiger partial charge in [-0.2, -0.15) is 0 Å². The highest BCUT2D eigenvalue weighted by Crippen LogP contribution is 2.52. The SMILES string of the molecule is CC1(C)c2cc3ccccc3cc2-c2c(-c3cccc(-c4ccccc4)c3)nc(-c3cccc4ccccc34)nc21. The first-order valence-electron chi connectivity index (χ1n) is 14.2. The first kappa shape index (κ1) is 23.8. The minimum absolute atomic E-state index is 0.275. The largest absolute Gasteiger partial charge is 0.231 e. The highest BCUT2D eigenvalue weighted by Gasteiger charge is 2.40. The van der Waals surface area contributed by atoms with E-state index in [0.29, 0.717) is 0 Å². The van der Waals surface area contributed by atoms with E-state index in [1.54, 1.807) is 0 Å². The lowest BCUT2D eigenvalue weighted by Crippen LogP contribution is -2.17. The maximum absolute atomic E-state index is 5.40. The molecule has 7 aromatic rings. The number of nitrogens with zero attached hydrogens (tertiary/aromatic N) is 2. The number of fused-ring (bicyclic) bond motifs is 5. The quantitative estimate of drug-likeness (QED) is 0.230. The fourth-order valence-electron chi connectivity index (χ4n) is 6.49. The number of hydrogen-bond donors (Lipinski definition) is 0. The molecular weight excluding hydrogens is 496 g/mol. The van der Waals surface area contributed by atoms with Crippen molar-refractivity contribution in [2.45, 2.75) is 19.3 Å². The van der Waals surface area contributed by atoms with Crippen LogP contribution in [0.15, 0.2) is 133 Å². The van der Waals surface area contributed by atoms with Crippen molar-refractivity contribution in [3.63, 3.8) is 0 Å². The van der Waals surface area contributed by atoms with E-state index in [4.69, 9.17) is 9.97 Å². The van der Waals surface area contributed by atoms with Crippen molar-refractivity contribution in [2.75, 3.05) is 0 Å². The summed E-state index contributed by atoms with van der Waals surface area (Å²) in [7, 11) is 0. The van der Waals surface area contributed by atoms with Gasteiger partial charge in [0.15, 0.2) is 5.82 Å². The maximum atomic E-state index is 5.40. The molecule has 0 aliphatic heterocycles. The zero-order chi connectivity index (χ0) is 27.6. The molecule has 1 aromatic heterocycles. The highest BCUT2D eigenvalue weighted by molar-refractivity contribution is 5.99. The van der Waals surface area contributed by atoms with Crippen LogP contribution in [0.3, 0.4) is 0 Å². The summed E-state index contributed by atoms with van der Waals surface area (Å²) in [6.07, 6.45) is 0. The van der Waals surface area contributed by atoms with Crippen molar-refractivity contribution < 1.29 is 0 Å². The van der Waals surface area contributed by atoms with E-state index < -0.39 is 0 Å². The molecule has 0 radical (unpaired) electrons. The van der Waals surface area contributed by atoms with Gasteiger partial charge < -0.3 is 0 Å². The normalized spacial score (nSPS) is 13.3. The summed E-state index contributed by atoms with van der Waals surface area (Å²) in [6, 6.07) is 47.6. The summed E-state index contributed by atoms with van der Waals surface area (Å²) >= 11 is 0. The molecule has 0 spiro atoms. The summed E-state index contributed by atoms with van der Waals surface area (Å²) in [4.78, 5) is 10.8. The average molecular weight is 525 g/mol. The lowest BCUT2D eigenvalue weighted by Gasteiger charge is -2.21. The predicted octanol–water partition coefficient (Wildman–Crippen LogP) is 10.1. The molecular formula is C39H28N2. The van der Waals surface area contributed by atoms with Crippen molar-refractivity contribution in [3.05, 3.63) is 145 Å². The molecule has 0 saturated carbocycles. The summed E-state index contributed by atoms with van der Waals surface area (Å²) in [5.74, 6) is 0.770. The van der Waals surface area contributed by atoms with Gasteiger partial charge in [-0.25, -0.2) is 9.97 Å². The number of benzene rings is 6. The van der Waals surface area contributed by atoms with Gasteiger partial charge in [0.1, 0.15) is 0 Å². The van der Waals surface area contributed by atoms with Gasteiger partial charge in [0.25, 0.3) is 0 Å². The second-order valence-electron chi connectivity index (χ2n) is 11.5. The van der Waals surface area contributed by atoms with Gasteiger partial charge in [-0.15, -0.1) is 0 Å². The minimum Gasteiger partial charge on any atom is -0.231 e. The molecule has 0 unspecified atom stereocenters. The molecule has 0 bridgehead atoms. The van der Waals surface area contributed by atoms with E-state index in [1.807, 2.05) is 0 Å². The Labute approximate surface area is 240 Å². The van der Waals surface area contributed by atoms with E-state index in [2.05, 4.69) is 147 Å². The van der Waals surface area contributed by atoms with Gasteiger partial charge in [0.2, 0.25) is 0 Å². The van der Waals surface area contributed by atoms with Crippen LogP contribution in [0, 0.1) is 0 Å². The highest BCUT2D eigenvalue weighted by atomic mass is 14.9. The first-order valence-corrected chi connectivity index (χ1v) is 14.2. The van der Waals surface area contributed by atoms with Crippen molar-refractivity contribution in [1.82, 2.24) is 9.97 Å². The molecule has 6 aromatic carbocycles. The Morgan fingerprint density at radius 1 is 0.488 bits per heavy atom. The Hall–Kier alpha value is -5.08. The Morgan fingerprint density at radius 2 is 1.12 bits per heavy atom. The summed E-state index contributed by atoms with van der Waals surface area (Å²) in [5, 5.41) is 4.84. The Kier molecular flexibility index (Phi) is 5.20. The maximum Gasteiger partial charge on any atom is 0.160 e. The number of rotatable bonds is 3. The monoisotopic (exact) mass is 524 g/mol. The van der Waals surface area contributed by atoms with Crippen LogP contribution in [0.25, 0.3) is 66.4 Å². The molecule has 0 atom stereocenters. The Bertz CT molecular complexity index is 2120.